The summed E-state index contributed by atoms with van der Waals surface area (Å²) in [4.78, 5) is 12.7. The number of hydrogen-bond donors (Lipinski definition) is 1. The molecule has 1 unspecified atom stereocenters. The number of aromatic nitrogens is 1. The molecule has 1 atom stereocenters. The average Bonchev–Trinajstić information content (AvgIpc) is 2.73. The molecule has 1 aromatic heterocycles. The maximum absolute atomic E-state index is 13.1. The number of nitrogens with one attached hydrogen (secondary N) is 1. The summed E-state index contributed by atoms with van der Waals surface area (Å²) in [5.41, 5.74) is 4.87. The Morgan fingerprint density at radius 2 is 1.78 bits per heavy atom. The average molecular weight is 316 g/mol. The summed E-state index contributed by atoms with van der Waals surface area (Å²) in [6.45, 7) is 10.6. The van der Waals surface area contributed by atoms with E-state index >= 15 is 0 Å². The van der Waals surface area contributed by atoms with Crippen molar-refractivity contribution < 1.29 is 9.18 Å². The van der Waals surface area contributed by atoms with E-state index in [4.69, 9.17) is 0 Å². The molecule has 0 aliphatic carbocycles. The molecular formula is C19H25FN2O. The Morgan fingerprint density at radius 3 is 2.35 bits per heavy atom. The first-order valence-corrected chi connectivity index (χ1v) is 8.06. The van der Waals surface area contributed by atoms with Gasteiger partial charge in [-0.2, -0.15) is 0 Å². The zero-order valence-electron chi connectivity index (χ0n) is 14.5. The Morgan fingerprint density at radius 1 is 1.17 bits per heavy atom. The van der Waals surface area contributed by atoms with Crippen LogP contribution in [-0.4, -0.2) is 16.5 Å². The molecule has 0 radical (unpaired) electrons. The monoisotopic (exact) mass is 316 g/mol. The van der Waals surface area contributed by atoms with Crippen LogP contribution in [-0.2, 0) is 6.54 Å². The van der Waals surface area contributed by atoms with Crippen molar-refractivity contribution in [1.29, 1.82) is 0 Å². The van der Waals surface area contributed by atoms with Crippen LogP contribution >= 0.6 is 0 Å². The fourth-order valence-electron chi connectivity index (χ4n) is 2.68. The number of carbonyl (C=O) groups is 1. The second-order valence-electron chi connectivity index (χ2n) is 6.18. The van der Waals surface area contributed by atoms with Gasteiger partial charge in [0.25, 0.3) is 5.91 Å². The van der Waals surface area contributed by atoms with Crippen LogP contribution in [0.4, 0.5) is 4.39 Å². The van der Waals surface area contributed by atoms with Crippen molar-refractivity contribution in [3.8, 4) is 0 Å². The minimum absolute atomic E-state index is 0.0461. The van der Waals surface area contributed by atoms with E-state index in [0.29, 0.717) is 12.2 Å². The van der Waals surface area contributed by atoms with Gasteiger partial charge in [0.1, 0.15) is 11.5 Å². The summed E-state index contributed by atoms with van der Waals surface area (Å²) in [6.07, 6.45) is 0.890. The number of nitrogens with zero attached hydrogens (tertiary/aromatic N) is 1. The molecule has 0 saturated heterocycles. The molecular weight excluding hydrogens is 291 g/mol. The molecule has 0 fully saturated rings. The summed E-state index contributed by atoms with van der Waals surface area (Å²) in [7, 11) is 0. The van der Waals surface area contributed by atoms with Gasteiger partial charge in [-0.05, 0) is 62.9 Å². The lowest BCUT2D eigenvalue weighted by atomic mass is 10.1. The molecule has 0 aliphatic heterocycles. The molecule has 2 aromatic rings. The van der Waals surface area contributed by atoms with Gasteiger partial charge in [0.15, 0.2) is 0 Å². The van der Waals surface area contributed by atoms with Gasteiger partial charge in [0.05, 0.1) is 0 Å². The summed E-state index contributed by atoms with van der Waals surface area (Å²) < 4.78 is 15.1. The predicted octanol–water partition coefficient (Wildman–Crippen LogP) is 4.13. The third-order valence-electron chi connectivity index (χ3n) is 4.59. The van der Waals surface area contributed by atoms with E-state index in [1.54, 1.807) is 12.1 Å². The first-order chi connectivity index (χ1) is 10.8. The fourth-order valence-corrected chi connectivity index (χ4v) is 2.68. The highest BCUT2D eigenvalue weighted by Gasteiger charge is 2.21. The molecule has 124 valence electrons. The van der Waals surface area contributed by atoms with E-state index in [2.05, 4.69) is 5.32 Å². The van der Waals surface area contributed by atoms with Crippen LogP contribution in [0.5, 0.6) is 0 Å². The molecule has 0 bridgehead atoms. The lowest BCUT2D eigenvalue weighted by Gasteiger charge is -2.15. The van der Waals surface area contributed by atoms with Crippen LogP contribution in [0, 0.1) is 26.6 Å². The number of amides is 1. The van der Waals surface area contributed by atoms with Crippen LogP contribution in [0.3, 0.4) is 0 Å². The first-order valence-electron chi connectivity index (χ1n) is 8.06. The predicted molar refractivity (Wildman–Crippen MR) is 91.4 cm³/mol. The van der Waals surface area contributed by atoms with Gasteiger partial charge >= 0.3 is 0 Å². The number of halogens is 1. The van der Waals surface area contributed by atoms with E-state index < -0.39 is 0 Å². The van der Waals surface area contributed by atoms with Crippen LogP contribution in [0.1, 0.15) is 53.1 Å². The zero-order chi connectivity index (χ0) is 17.1. The Hall–Kier alpha value is -2.10. The minimum atomic E-state index is -0.250. The topological polar surface area (TPSA) is 34.0 Å². The number of carbonyl (C=O) groups excluding carboxylic acids is 1. The van der Waals surface area contributed by atoms with Gasteiger partial charge in [0, 0.05) is 18.3 Å². The Kier molecular flexibility index (Phi) is 5.24. The van der Waals surface area contributed by atoms with Crippen molar-refractivity contribution in [1.82, 2.24) is 9.88 Å². The minimum Gasteiger partial charge on any atom is -0.348 e. The van der Waals surface area contributed by atoms with Crippen molar-refractivity contribution in [2.24, 2.45) is 0 Å². The molecule has 1 aromatic carbocycles. The maximum atomic E-state index is 13.1. The largest absolute Gasteiger partial charge is 0.348 e. The standard InChI is InChI=1S/C19H25FN2O/c1-6-12(2)21-19(23)18-14(4)13(3)15(5)22(18)11-16-7-9-17(20)10-8-16/h7-10,12H,6,11H2,1-5H3,(H,21,23). The lowest BCUT2D eigenvalue weighted by Crippen LogP contribution is -2.34. The van der Waals surface area contributed by atoms with Gasteiger partial charge in [-0.15, -0.1) is 0 Å². The molecule has 0 spiro atoms. The first kappa shape index (κ1) is 17.3. The fraction of sp³-hybridized carbons (Fsp3) is 0.421. The van der Waals surface area contributed by atoms with Crippen molar-refractivity contribution >= 4 is 5.91 Å². The second kappa shape index (κ2) is 6.99. The lowest BCUT2D eigenvalue weighted by molar-refractivity contribution is 0.0929. The summed E-state index contributed by atoms with van der Waals surface area (Å²) in [5.74, 6) is -0.296. The van der Waals surface area contributed by atoms with Gasteiger partial charge in [-0.1, -0.05) is 19.1 Å². The normalized spacial score (nSPS) is 12.3. The van der Waals surface area contributed by atoms with E-state index in [9.17, 15) is 9.18 Å². The zero-order valence-corrected chi connectivity index (χ0v) is 14.5. The van der Waals surface area contributed by atoms with Crippen molar-refractivity contribution in [3.63, 3.8) is 0 Å². The van der Waals surface area contributed by atoms with Crippen LogP contribution in [0.2, 0.25) is 0 Å². The van der Waals surface area contributed by atoms with E-state index in [1.165, 1.54) is 12.1 Å². The molecule has 2 rings (SSSR count). The molecule has 1 amide bonds. The van der Waals surface area contributed by atoms with E-state index in [1.807, 2.05) is 39.2 Å². The highest BCUT2D eigenvalue weighted by molar-refractivity contribution is 5.95. The van der Waals surface area contributed by atoms with Crippen LogP contribution in [0.15, 0.2) is 24.3 Å². The Bertz CT molecular complexity index is 701. The molecule has 3 nitrogen and oxygen atoms in total. The van der Waals surface area contributed by atoms with Gasteiger partial charge in [-0.25, -0.2) is 4.39 Å². The van der Waals surface area contributed by atoms with Gasteiger partial charge < -0.3 is 9.88 Å². The quantitative estimate of drug-likeness (QED) is 0.884. The molecule has 23 heavy (non-hydrogen) atoms. The smallest absolute Gasteiger partial charge is 0.268 e. The molecule has 1 N–H and O–H groups in total. The highest BCUT2D eigenvalue weighted by Crippen LogP contribution is 2.23. The second-order valence-corrected chi connectivity index (χ2v) is 6.18. The summed E-state index contributed by atoms with van der Waals surface area (Å²) in [5, 5.41) is 3.04. The SMILES string of the molecule is CCC(C)NC(=O)c1c(C)c(C)c(C)n1Cc1ccc(F)cc1. The molecule has 0 saturated carbocycles. The van der Waals surface area contributed by atoms with Crippen LogP contribution in [0.25, 0.3) is 0 Å². The van der Waals surface area contributed by atoms with E-state index in [-0.39, 0.29) is 17.8 Å². The van der Waals surface area contributed by atoms with Crippen LogP contribution < -0.4 is 5.32 Å². The molecule has 4 heteroatoms. The van der Waals surface area contributed by atoms with Crippen molar-refractivity contribution in [2.75, 3.05) is 0 Å². The van der Waals surface area contributed by atoms with Crippen molar-refractivity contribution in [3.05, 3.63) is 58.2 Å². The maximum Gasteiger partial charge on any atom is 0.268 e. The molecule has 1 heterocycles. The summed E-state index contributed by atoms with van der Waals surface area (Å²) in [6, 6.07) is 6.56. The van der Waals surface area contributed by atoms with Crippen molar-refractivity contribution in [2.45, 2.75) is 53.6 Å². The Labute approximate surface area is 137 Å². The Balaban J connectivity index is 2.40. The highest BCUT2D eigenvalue weighted by atomic mass is 19.1. The third-order valence-corrected chi connectivity index (χ3v) is 4.59. The number of benzene rings is 1. The van der Waals surface area contributed by atoms with Gasteiger partial charge in [0.2, 0.25) is 0 Å². The van der Waals surface area contributed by atoms with Gasteiger partial charge in [-0.3, -0.25) is 4.79 Å². The summed E-state index contributed by atoms with van der Waals surface area (Å²) >= 11 is 0. The molecule has 0 aliphatic rings. The number of rotatable bonds is 5. The number of hydrogen-bond acceptors (Lipinski definition) is 1. The third kappa shape index (κ3) is 3.63. The van der Waals surface area contributed by atoms with E-state index in [0.717, 1.165) is 28.8 Å².